The van der Waals surface area contributed by atoms with Gasteiger partial charge in [-0.25, -0.2) is 24.3 Å². The van der Waals surface area contributed by atoms with E-state index in [0.29, 0.717) is 11.3 Å². The lowest BCUT2D eigenvalue weighted by Crippen LogP contribution is -2.36. The van der Waals surface area contributed by atoms with Crippen LogP contribution in [-0.2, 0) is 99.1 Å². The van der Waals surface area contributed by atoms with Crippen molar-refractivity contribution >= 4 is 52.4 Å². The molecule has 4 aromatic rings. The Morgan fingerprint density at radius 2 is 0.882 bits per heavy atom. The Labute approximate surface area is 437 Å². The zero-order valence-corrected chi connectivity index (χ0v) is 46.3. The highest BCUT2D eigenvalue weighted by atomic mass is 31.2. The molecule has 4 bridgehead atoms. The van der Waals surface area contributed by atoms with Gasteiger partial charge < -0.3 is 61.5 Å². The van der Waals surface area contributed by atoms with Gasteiger partial charge in [-0.15, -0.1) is 0 Å². The molecule has 0 amide bonds. The fraction of sp³-hybridized carbons (Fsp3) is 0.739. The maximum Gasteiger partial charge on any atom is 0.328 e. The number of halogens is 1. The SMILES string of the molecule is C[C@@H]1O[C@@H]2COP(C)(=O)O[C@H]3[C@@H](F)[C@H](n4cc5c6c(ncnc64)CCCC5)O[C@@H]3COP(C)(=O)O[C@@H]1[C@@H]2O.C[C@@H]1O[C@@H]2COP(C)(=O)O[C@H]3[C@@H](O)[C@H](n4cc5c6c(ncnc64)CCCC5)O[C@@H]3COP(C)(=O)O[C@@H]1[C@@H]2O. The molecule has 4 unspecified atom stereocenters. The summed E-state index contributed by atoms with van der Waals surface area (Å²) in [4.78, 5) is 17.8. The van der Waals surface area contributed by atoms with Crippen molar-refractivity contribution < 1.29 is 93.1 Å². The first-order valence-electron chi connectivity index (χ1n) is 25.6. The van der Waals surface area contributed by atoms with E-state index in [-0.39, 0.29) is 26.4 Å². The van der Waals surface area contributed by atoms with Gasteiger partial charge in [0.2, 0.25) is 0 Å². The molecule has 6 aliphatic heterocycles. The van der Waals surface area contributed by atoms with Crippen molar-refractivity contribution in [3.8, 4) is 0 Å². The predicted molar refractivity (Wildman–Crippen MR) is 265 cm³/mol. The van der Waals surface area contributed by atoms with E-state index in [9.17, 15) is 33.6 Å². The Kier molecular flexibility index (Phi) is 15.6. The van der Waals surface area contributed by atoms with E-state index in [2.05, 4.69) is 19.9 Å². The summed E-state index contributed by atoms with van der Waals surface area (Å²) in [6.45, 7) is 7.17. The average Bonchev–Trinajstić information content (AvgIpc) is 4.19. The maximum atomic E-state index is 16.1. The van der Waals surface area contributed by atoms with Crippen LogP contribution >= 0.6 is 30.4 Å². The molecule has 0 saturated carbocycles. The molecule has 25 nitrogen and oxygen atoms in total. The molecule has 420 valence electrons. The van der Waals surface area contributed by atoms with E-state index in [1.165, 1.54) is 39.3 Å². The summed E-state index contributed by atoms with van der Waals surface area (Å²) < 4.78 is 141. The summed E-state index contributed by atoms with van der Waals surface area (Å²) in [5.74, 6) is 0. The molecule has 4 aromatic heterocycles. The van der Waals surface area contributed by atoms with Gasteiger partial charge in [-0.2, -0.15) is 0 Å². The largest absolute Gasteiger partial charge is 0.387 e. The normalized spacial score (nSPS) is 44.1. The molecule has 6 saturated heterocycles. The molecular formula is C46H65FN6O19P4. The van der Waals surface area contributed by atoms with Gasteiger partial charge in [0.05, 0.1) is 50.0 Å². The quantitative estimate of drug-likeness (QED) is 0.213. The highest BCUT2D eigenvalue weighted by molar-refractivity contribution is 7.53. The summed E-state index contributed by atoms with van der Waals surface area (Å²) >= 11 is 0. The van der Waals surface area contributed by atoms with Crippen LogP contribution in [0.4, 0.5) is 4.39 Å². The number of ether oxygens (including phenoxy) is 4. The van der Waals surface area contributed by atoms with Crippen LogP contribution in [0.1, 0.15) is 74.5 Å². The number of rotatable bonds is 2. The van der Waals surface area contributed by atoms with Crippen molar-refractivity contribution in [2.24, 2.45) is 0 Å². The highest BCUT2D eigenvalue weighted by Crippen LogP contribution is 2.56. The second kappa shape index (κ2) is 21.4. The molecule has 2 aliphatic carbocycles. The predicted octanol–water partition coefficient (Wildman–Crippen LogP) is 5.34. The Balaban J connectivity index is 0.000000162. The van der Waals surface area contributed by atoms with Crippen molar-refractivity contribution in [2.45, 2.75) is 163 Å². The summed E-state index contributed by atoms with van der Waals surface area (Å²) in [5, 5.41) is 34.5. The third-order valence-corrected chi connectivity index (χ3v) is 20.1. The van der Waals surface area contributed by atoms with Crippen molar-refractivity contribution in [1.29, 1.82) is 0 Å². The molecule has 0 spiro atoms. The monoisotopic (exact) mass is 1150 g/mol. The molecule has 30 heteroatoms. The van der Waals surface area contributed by atoms with Crippen LogP contribution in [0.3, 0.4) is 0 Å². The van der Waals surface area contributed by atoms with Gasteiger partial charge >= 0.3 is 30.4 Å². The molecule has 3 N–H and O–H groups in total. The summed E-state index contributed by atoms with van der Waals surface area (Å²) in [6, 6.07) is 0. The second-order valence-electron chi connectivity index (χ2n) is 20.9. The van der Waals surface area contributed by atoms with Gasteiger partial charge in [-0.05, 0) is 76.3 Å². The van der Waals surface area contributed by atoms with Crippen molar-refractivity contribution in [3.05, 3.63) is 47.6 Å². The van der Waals surface area contributed by atoms with Crippen LogP contribution in [0.5, 0.6) is 0 Å². The minimum absolute atomic E-state index is 0.253. The fourth-order valence-corrected chi connectivity index (χ4v) is 16.3. The molecule has 8 aliphatic rings. The number of aromatic nitrogens is 6. The molecule has 6 fully saturated rings. The van der Waals surface area contributed by atoms with E-state index in [1.807, 2.05) is 12.4 Å². The Morgan fingerprint density at radius 1 is 0.500 bits per heavy atom. The average molecular weight is 1150 g/mol. The topological polar surface area (TPSA) is 301 Å². The Hall–Kier alpha value is -2.51. The maximum absolute atomic E-state index is 16.1. The van der Waals surface area contributed by atoms with Gasteiger partial charge in [0, 0.05) is 49.8 Å². The number of nitrogens with zero attached hydrogens (tertiary/aromatic N) is 6. The van der Waals surface area contributed by atoms with Gasteiger partial charge in [0.15, 0.2) is 18.6 Å². The van der Waals surface area contributed by atoms with Crippen LogP contribution in [-0.4, -0.2) is 183 Å². The Bertz CT molecular complexity index is 2810. The fourth-order valence-electron chi connectivity index (χ4n) is 11.5. The summed E-state index contributed by atoms with van der Waals surface area (Å²) in [6.07, 6.45) is -3.00. The lowest BCUT2D eigenvalue weighted by atomic mass is 10.1. The van der Waals surface area contributed by atoms with E-state index in [0.717, 1.165) is 84.7 Å². The number of hydrogen-bond acceptors (Lipinski definition) is 23. The van der Waals surface area contributed by atoms with Crippen LogP contribution in [0.2, 0.25) is 0 Å². The van der Waals surface area contributed by atoms with E-state index in [1.54, 1.807) is 23.0 Å². The minimum atomic E-state index is -3.85. The number of aliphatic hydroxyl groups is 3. The van der Waals surface area contributed by atoms with Crippen LogP contribution < -0.4 is 0 Å². The molecule has 10 heterocycles. The molecular weight excluding hydrogens is 1080 g/mol. The number of aliphatic hydroxyl groups excluding tert-OH is 3. The lowest BCUT2D eigenvalue weighted by molar-refractivity contribution is -0.0506. The third-order valence-electron chi connectivity index (χ3n) is 15.2. The van der Waals surface area contributed by atoms with Gasteiger partial charge in [0.25, 0.3) is 0 Å². The smallest absolute Gasteiger partial charge is 0.328 e. The standard InChI is InChI=1S/C23H32FN3O9P2.C23H33N3O10P2/c1-12-20-19(28)15(33-12)9-31-38(3,30)36-21-16(10-32-37(2,29)35-20)34-23(18(21)24)27-8-13-6-4-5-7-14-17(13)22(27)26-11-25-14;1-12-20-18(27)15(33-12)9-31-38(3,30)36-21-16(10-32-37(2,29)35-20)34-23(19(21)28)26-8-13-6-4-5-7-14-17(13)22(26)25-11-24-14/h8,11-12,15-16,18-21,23,28H,4-7,9-10H2,1-3H3;8,11-12,15-16,18-21,23,27-28H,4-7,9-10H2,1-3H3/t2*12-,15+,16+,18+,19+,20-,21+,23+,37?,38?/m00/s1. The third kappa shape index (κ3) is 11.0. The van der Waals surface area contributed by atoms with Gasteiger partial charge in [-0.1, -0.05) is 0 Å². The highest BCUT2D eigenvalue weighted by Gasteiger charge is 2.54. The van der Waals surface area contributed by atoms with Gasteiger partial charge in [0.1, 0.15) is 91.1 Å². The number of fused-ring (bicyclic) bond motifs is 6. The number of aryl methyl sites for hydroxylation is 4. The molecule has 76 heavy (non-hydrogen) atoms. The molecule has 0 aromatic carbocycles. The number of alkyl halides is 1. The van der Waals surface area contributed by atoms with Crippen molar-refractivity contribution in [2.75, 3.05) is 53.1 Å². The van der Waals surface area contributed by atoms with Crippen LogP contribution in [0.15, 0.2) is 25.0 Å². The molecule has 0 radical (unpaired) electrons. The summed E-state index contributed by atoms with van der Waals surface area (Å²) in [7, 11) is -15.1. The molecule has 12 rings (SSSR count). The first-order chi connectivity index (χ1) is 36.1. The summed E-state index contributed by atoms with van der Waals surface area (Å²) in [5.41, 5.74) is 5.14. The van der Waals surface area contributed by atoms with Crippen molar-refractivity contribution in [3.63, 3.8) is 0 Å². The van der Waals surface area contributed by atoms with E-state index < -0.39 is 128 Å². The first-order valence-corrected chi connectivity index (χ1v) is 33.6. The lowest BCUT2D eigenvalue weighted by Gasteiger charge is -2.26. The van der Waals surface area contributed by atoms with Crippen LogP contribution in [0, 0.1) is 0 Å². The van der Waals surface area contributed by atoms with Crippen molar-refractivity contribution in [1.82, 2.24) is 29.1 Å². The Morgan fingerprint density at radius 3 is 1.36 bits per heavy atom. The minimum Gasteiger partial charge on any atom is -0.387 e. The van der Waals surface area contributed by atoms with Gasteiger partial charge in [-0.3, -0.25) is 36.4 Å². The van der Waals surface area contributed by atoms with E-state index in [4.69, 9.17) is 55.1 Å². The molecule has 20 atom stereocenters. The first kappa shape index (κ1) is 55.4. The zero-order valence-electron chi connectivity index (χ0n) is 42.8. The van der Waals surface area contributed by atoms with E-state index >= 15 is 4.39 Å². The second-order valence-corrected chi connectivity index (χ2v) is 29.0. The van der Waals surface area contributed by atoms with Crippen LogP contribution in [0.25, 0.3) is 22.1 Å². The number of hydrogen-bond donors (Lipinski definition) is 3. The zero-order chi connectivity index (χ0) is 53.6.